The van der Waals surface area contributed by atoms with Crippen molar-refractivity contribution in [2.45, 2.75) is 33.1 Å². The third kappa shape index (κ3) is 4.32. The van der Waals surface area contributed by atoms with E-state index in [1.54, 1.807) is 0 Å². The molecule has 5 rings (SSSR count). The van der Waals surface area contributed by atoms with E-state index in [4.69, 9.17) is 14.4 Å². The van der Waals surface area contributed by atoms with Gasteiger partial charge in [0, 0.05) is 11.3 Å². The molecule has 0 amide bonds. The van der Waals surface area contributed by atoms with E-state index in [9.17, 15) is 0 Å². The van der Waals surface area contributed by atoms with Crippen LogP contribution >= 0.6 is 0 Å². The SMILES string of the molecule is Cc1ccc(Nc2nc3ccccc3nc2-c2nnc(-c3ccc(C(C)(C)C)cc3)o2)cc1. The Hall–Kier alpha value is -4.06. The van der Waals surface area contributed by atoms with E-state index in [0.717, 1.165) is 22.3 Å². The van der Waals surface area contributed by atoms with Gasteiger partial charge in [0.15, 0.2) is 11.5 Å². The van der Waals surface area contributed by atoms with Gasteiger partial charge in [-0.1, -0.05) is 62.7 Å². The van der Waals surface area contributed by atoms with Crippen molar-refractivity contribution < 1.29 is 4.42 Å². The van der Waals surface area contributed by atoms with Gasteiger partial charge in [-0.3, -0.25) is 0 Å². The van der Waals surface area contributed by atoms with E-state index in [1.165, 1.54) is 11.1 Å². The first kappa shape index (κ1) is 20.8. The van der Waals surface area contributed by atoms with Gasteiger partial charge in [0.25, 0.3) is 5.89 Å². The molecule has 0 aliphatic heterocycles. The molecule has 6 heteroatoms. The number of hydrogen-bond donors (Lipinski definition) is 1. The van der Waals surface area contributed by atoms with Crippen LogP contribution in [-0.4, -0.2) is 20.2 Å². The van der Waals surface area contributed by atoms with Crippen LogP contribution in [-0.2, 0) is 5.41 Å². The maximum Gasteiger partial charge on any atom is 0.270 e. The third-order valence-corrected chi connectivity index (χ3v) is 5.51. The molecule has 164 valence electrons. The second kappa shape index (κ2) is 8.13. The first-order valence-electron chi connectivity index (χ1n) is 10.9. The van der Waals surface area contributed by atoms with E-state index in [0.29, 0.717) is 23.3 Å². The molecule has 0 aliphatic carbocycles. The highest BCUT2D eigenvalue weighted by Crippen LogP contribution is 2.31. The lowest BCUT2D eigenvalue weighted by Crippen LogP contribution is -2.10. The molecule has 5 aromatic rings. The number of nitrogens with one attached hydrogen (secondary N) is 1. The first-order chi connectivity index (χ1) is 15.9. The highest BCUT2D eigenvalue weighted by atomic mass is 16.4. The van der Waals surface area contributed by atoms with Crippen LogP contribution in [0.2, 0.25) is 0 Å². The third-order valence-electron chi connectivity index (χ3n) is 5.51. The molecule has 0 radical (unpaired) electrons. The largest absolute Gasteiger partial charge is 0.414 e. The maximum atomic E-state index is 6.06. The minimum atomic E-state index is 0.0791. The summed E-state index contributed by atoms with van der Waals surface area (Å²) in [6, 6.07) is 24.0. The zero-order chi connectivity index (χ0) is 23.0. The van der Waals surface area contributed by atoms with Crippen molar-refractivity contribution in [2.75, 3.05) is 5.32 Å². The predicted octanol–water partition coefficient (Wildman–Crippen LogP) is 6.70. The first-order valence-corrected chi connectivity index (χ1v) is 10.9. The Morgan fingerprint density at radius 3 is 2.03 bits per heavy atom. The normalized spacial score (nSPS) is 11.6. The molecule has 0 atom stereocenters. The molecule has 3 aromatic carbocycles. The summed E-state index contributed by atoms with van der Waals surface area (Å²) >= 11 is 0. The van der Waals surface area contributed by atoms with E-state index in [2.05, 4.69) is 55.3 Å². The topological polar surface area (TPSA) is 76.7 Å². The molecule has 0 spiro atoms. The van der Waals surface area contributed by atoms with Gasteiger partial charge < -0.3 is 9.73 Å². The standard InChI is InChI=1S/C27H25N5O/c1-17-9-15-20(16-10-17)28-24-23(29-21-7-5-6-8-22(21)30-24)26-32-31-25(33-26)18-11-13-19(14-12-18)27(2,3)4/h5-16H,1-4H3,(H,28,30). The van der Waals surface area contributed by atoms with Gasteiger partial charge in [-0.2, -0.15) is 0 Å². The van der Waals surface area contributed by atoms with Crippen LogP contribution in [0.4, 0.5) is 11.5 Å². The van der Waals surface area contributed by atoms with Crippen molar-refractivity contribution >= 4 is 22.5 Å². The molecular formula is C27H25N5O. The fourth-order valence-electron chi connectivity index (χ4n) is 3.56. The summed E-state index contributed by atoms with van der Waals surface area (Å²) in [5, 5.41) is 11.9. The summed E-state index contributed by atoms with van der Waals surface area (Å²) in [4.78, 5) is 9.58. The molecule has 0 bridgehead atoms. The number of fused-ring (bicyclic) bond motifs is 1. The Bertz CT molecular complexity index is 1410. The van der Waals surface area contributed by atoms with Gasteiger partial charge in [0.2, 0.25) is 5.89 Å². The lowest BCUT2D eigenvalue weighted by atomic mass is 9.87. The lowest BCUT2D eigenvalue weighted by molar-refractivity contribution is 0.580. The zero-order valence-corrected chi connectivity index (χ0v) is 19.1. The van der Waals surface area contributed by atoms with Gasteiger partial charge in [-0.15, -0.1) is 10.2 Å². The fraction of sp³-hybridized carbons (Fsp3) is 0.185. The highest BCUT2D eigenvalue weighted by Gasteiger charge is 2.19. The Labute approximate surface area is 192 Å². The highest BCUT2D eigenvalue weighted by molar-refractivity contribution is 5.82. The second-order valence-electron chi connectivity index (χ2n) is 9.14. The molecule has 1 N–H and O–H groups in total. The number of aryl methyl sites for hydroxylation is 1. The number of benzene rings is 3. The fourth-order valence-corrected chi connectivity index (χ4v) is 3.56. The molecule has 33 heavy (non-hydrogen) atoms. The number of hydrogen-bond acceptors (Lipinski definition) is 6. The molecule has 0 fully saturated rings. The van der Waals surface area contributed by atoms with Crippen molar-refractivity contribution in [2.24, 2.45) is 0 Å². The van der Waals surface area contributed by atoms with Crippen LogP contribution < -0.4 is 5.32 Å². The van der Waals surface area contributed by atoms with Crippen molar-refractivity contribution in [1.29, 1.82) is 0 Å². The zero-order valence-electron chi connectivity index (χ0n) is 19.1. The van der Waals surface area contributed by atoms with Gasteiger partial charge in [0.1, 0.15) is 0 Å². The molecule has 2 heterocycles. The quantitative estimate of drug-likeness (QED) is 0.339. The maximum absolute atomic E-state index is 6.06. The summed E-state index contributed by atoms with van der Waals surface area (Å²) in [6.07, 6.45) is 0. The van der Waals surface area contributed by atoms with Gasteiger partial charge >= 0.3 is 0 Å². The van der Waals surface area contributed by atoms with E-state index < -0.39 is 0 Å². The Balaban J connectivity index is 1.55. The number of nitrogens with zero attached hydrogens (tertiary/aromatic N) is 4. The van der Waals surface area contributed by atoms with E-state index in [1.807, 2.05) is 60.7 Å². The Kier molecular flexibility index (Phi) is 5.13. The van der Waals surface area contributed by atoms with Crippen LogP contribution in [0.15, 0.2) is 77.2 Å². The second-order valence-corrected chi connectivity index (χ2v) is 9.14. The molecule has 0 aliphatic rings. The summed E-state index contributed by atoms with van der Waals surface area (Å²) in [5.74, 6) is 1.33. The minimum absolute atomic E-state index is 0.0791. The Morgan fingerprint density at radius 1 is 0.727 bits per heavy atom. The number of aromatic nitrogens is 4. The minimum Gasteiger partial charge on any atom is -0.414 e. The lowest BCUT2D eigenvalue weighted by Gasteiger charge is -2.18. The van der Waals surface area contributed by atoms with Crippen LogP contribution in [0.3, 0.4) is 0 Å². The van der Waals surface area contributed by atoms with Gasteiger partial charge in [-0.25, -0.2) is 9.97 Å². The van der Waals surface area contributed by atoms with Crippen molar-refractivity contribution in [3.8, 4) is 23.0 Å². The molecule has 6 nitrogen and oxygen atoms in total. The average molecular weight is 436 g/mol. The van der Waals surface area contributed by atoms with Crippen LogP contribution in [0.5, 0.6) is 0 Å². The predicted molar refractivity (Wildman–Crippen MR) is 131 cm³/mol. The van der Waals surface area contributed by atoms with Crippen molar-refractivity contribution in [1.82, 2.24) is 20.2 Å². The monoisotopic (exact) mass is 435 g/mol. The molecule has 0 saturated heterocycles. The summed E-state index contributed by atoms with van der Waals surface area (Å²) < 4.78 is 6.06. The smallest absolute Gasteiger partial charge is 0.270 e. The van der Waals surface area contributed by atoms with Crippen LogP contribution in [0, 0.1) is 6.92 Å². The van der Waals surface area contributed by atoms with Gasteiger partial charge in [0.05, 0.1) is 11.0 Å². The van der Waals surface area contributed by atoms with E-state index in [-0.39, 0.29) is 5.41 Å². The Morgan fingerprint density at radius 2 is 1.36 bits per heavy atom. The molecule has 2 aromatic heterocycles. The summed E-state index contributed by atoms with van der Waals surface area (Å²) in [7, 11) is 0. The molecular weight excluding hydrogens is 410 g/mol. The number of anilines is 2. The summed E-state index contributed by atoms with van der Waals surface area (Å²) in [6.45, 7) is 8.62. The molecule has 0 saturated carbocycles. The van der Waals surface area contributed by atoms with Crippen molar-refractivity contribution in [3.63, 3.8) is 0 Å². The van der Waals surface area contributed by atoms with Crippen LogP contribution in [0.25, 0.3) is 34.1 Å². The van der Waals surface area contributed by atoms with Crippen molar-refractivity contribution in [3.05, 3.63) is 83.9 Å². The number of rotatable bonds is 4. The molecule has 0 unspecified atom stereocenters. The average Bonchev–Trinajstić information content (AvgIpc) is 3.30. The number of para-hydroxylation sites is 2. The summed E-state index contributed by atoms with van der Waals surface area (Å²) in [5.41, 5.74) is 6.34. The van der Waals surface area contributed by atoms with Crippen LogP contribution in [0.1, 0.15) is 31.9 Å². The van der Waals surface area contributed by atoms with Gasteiger partial charge in [-0.05, 0) is 54.3 Å². The van der Waals surface area contributed by atoms with E-state index >= 15 is 0 Å².